The SMILES string of the molecule is O=C(c1cnn2cccnc12)N1CCCC(c2ccncn2)C1. The van der Waals surface area contributed by atoms with Crippen LogP contribution in [0.1, 0.15) is 34.8 Å². The number of hydrogen-bond donors (Lipinski definition) is 0. The first kappa shape index (κ1) is 13.8. The van der Waals surface area contributed by atoms with Crippen molar-refractivity contribution in [3.8, 4) is 0 Å². The standard InChI is InChI=1S/C16H16N6O/c23-16(13-9-20-22-8-2-5-18-15(13)22)21-7-1-3-12(10-21)14-4-6-17-11-19-14/h2,4-6,8-9,11-12H,1,3,7,10H2. The number of nitrogens with zero attached hydrogens (tertiary/aromatic N) is 6. The molecule has 0 N–H and O–H groups in total. The molecule has 3 aromatic heterocycles. The van der Waals surface area contributed by atoms with Crippen LogP contribution in [0.2, 0.25) is 0 Å². The first-order valence-corrected chi connectivity index (χ1v) is 7.66. The minimum atomic E-state index is -0.0162. The molecule has 23 heavy (non-hydrogen) atoms. The third kappa shape index (κ3) is 2.54. The molecule has 1 saturated heterocycles. The molecule has 0 aromatic carbocycles. The quantitative estimate of drug-likeness (QED) is 0.718. The van der Waals surface area contributed by atoms with Gasteiger partial charge >= 0.3 is 0 Å². The lowest BCUT2D eigenvalue weighted by molar-refractivity contribution is 0.0707. The molecular formula is C16H16N6O. The molecule has 1 atom stereocenters. The number of likely N-dealkylation sites (tertiary alicyclic amines) is 1. The van der Waals surface area contributed by atoms with Crippen LogP contribution >= 0.6 is 0 Å². The molecule has 1 aliphatic rings. The highest BCUT2D eigenvalue weighted by molar-refractivity contribution is 5.99. The van der Waals surface area contributed by atoms with E-state index >= 15 is 0 Å². The van der Waals surface area contributed by atoms with E-state index in [1.807, 2.05) is 11.0 Å². The van der Waals surface area contributed by atoms with Crippen molar-refractivity contribution < 1.29 is 4.79 Å². The topological polar surface area (TPSA) is 76.3 Å². The lowest BCUT2D eigenvalue weighted by Gasteiger charge is -2.32. The second kappa shape index (κ2) is 5.75. The van der Waals surface area contributed by atoms with E-state index in [9.17, 15) is 4.79 Å². The van der Waals surface area contributed by atoms with Gasteiger partial charge in [-0.2, -0.15) is 5.10 Å². The van der Waals surface area contributed by atoms with Crippen molar-refractivity contribution in [2.45, 2.75) is 18.8 Å². The molecule has 1 unspecified atom stereocenters. The summed E-state index contributed by atoms with van der Waals surface area (Å²) in [6.45, 7) is 1.42. The molecule has 0 aliphatic carbocycles. The summed E-state index contributed by atoms with van der Waals surface area (Å²) in [4.78, 5) is 27.3. The molecule has 0 saturated carbocycles. The fourth-order valence-electron chi connectivity index (χ4n) is 3.09. The van der Waals surface area contributed by atoms with Crippen LogP contribution in [-0.4, -0.2) is 48.5 Å². The minimum Gasteiger partial charge on any atom is -0.338 e. The Hall–Kier alpha value is -2.83. The number of piperidine rings is 1. The van der Waals surface area contributed by atoms with Crippen molar-refractivity contribution in [3.63, 3.8) is 0 Å². The molecule has 0 radical (unpaired) electrons. The van der Waals surface area contributed by atoms with Crippen LogP contribution in [-0.2, 0) is 0 Å². The molecule has 1 fully saturated rings. The fraction of sp³-hybridized carbons (Fsp3) is 0.312. The zero-order chi connectivity index (χ0) is 15.6. The van der Waals surface area contributed by atoms with E-state index in [0.29, 0.717) is 17.8 Å². The van der Waals surface area contributed by atoms with Gasteiger partial charge in [-0.15, -0.1) is 0 Å². The van der Waals surface area contributed by atoms with Crippen LogP contribution < -0.4 is 0 Å². The summed E-state index contributed by atoms with van der Waals surface area (Å²) in [5.41, 5.74) is 2.14. The highest BCUT2D eigenvalue weighted by Gasteiger charge is 2.28. The molecule has 1 aliphatic heterocycles. The zero-order valence-electron chi connectivity index (χ0n) is 12.5. The van der Waals surface area contributed by atoms with Crippen molar-refractivity contribution in [2.75, 3.05) is 13.1 Å². The Kier molecular flexibility index (Phi) is 3.45. The van der Waals surface area contributed by atoms with Crippen molar-refractivity contribution in [2.24, 2.45) is 0 Å². The Morgan fingerprint density at radius 3 is 3.09 bits per heavy atom. The normalized spacial score (nSPS) is 18.3. The second-order valence-corrected chi connectivity index (χ2v) is 5.67. The lowest BCUT2D eigenvalue weighted by atomic mass is 9.94. The number of carbonyl (C=O) groups excluding carboxylic acids is 1. The predicted molar refractivity (Wildman–Crippen MR) is 82.9 cm³/mol. The monoisotopic (exact) mass is 308 g/mol. The molecule has 7 nitrogen and oxygen atoms in total. The average molecular weight is 308 g/mol. The zero-order valence-corrected chi connectivity index (χ0v) is 12.5. The van der Waals surface area contributed by atoms with Gasteiger partial charge in [0.2, 0.25) is 0 Å². The maximum atomic E-state index is 12.9. The summed E-state index contributed by atoms with van der Waals surface area (Å²) in [6, 6.07) is 3.72. The van der Waals surface area contributed by atoms with Gasteiger partial charge in [-0.3, -0.25) is 4.79 Å². The maximum Gasteiger partial charge on any atom is 0.259 e. The fourth-order valence-corrected chi connectivity index (χ4v) is 3.09. The number of aromatic nitrogens is 5. The molecule has 3 aromatic rings. The van der Waals surface area contributed by atoms with Gasteiger partial charge in [-0.25, -0.2) is 19.5 Å². The van der Waals surface area contributed by atoms with Crippen LogP contribution in [0.3, 0.4) is 0 Å². The van der Waals surface area contributed by atoms with Crippen LogP contribution in [0.25, 0.3) is 5.65 Å². The number of rotatable bonds is 2. The molecule has 0 bridgehead atoms. The highest BCUT2D eigenvalue weighted by atomic mass is 16.2. The Morgan fingerprint density at radius 2 is 2.22 bits per heavy atom. The van der Waals surface area contributed by atoms with E-state index in [1.54, 1.807) is 41.7 Å². The van der Waals surface area contributed by atoms with Crippen molar-refractivity contribution >= 4 is 11.6 Å². The van der Waals surface area contributed by atoms with E-state index in [0.717, 1.165) is 25.1 Å². The average Bonchev–Trinajstić information content (AvgIpc) is 3.06. The van der Waals surface area contributed by atoms with Crippen LogP contribution in [0.5, 0.6) is 0 Å². The Bertz CT molecular complexity index is 831. The van der Waals surface area contributed by atoms with Gasteiger partial charge < -0.3 is 4.90 Å². The third-order valence-electron chi connectivity index (χ3n) is 4.24. The first-order chi connectivity index (χ1) is 11.3. The first-order valence-electron chi connectivity index (χ1n) is 7.66. The van der Waals surface area contributed by atoms with E-state index in [2.05, 4.69) is 20.1 Å². The van der Waals surface area contributed by atoms with Gasteiger partial charge in [0, 0.05) is 43.3 Å². The van der Waals surface area contributed by atoms with Crippen molar-refractivity contribution in [3.05, 3.63) is 54.5 Å². The molecule has 0 spiro atoms. The Morgan fingerprint density at radius 1 is 1.26 bits per heavy atom. The summed E-state index contributed by atoms with van der Waals surface area (Å²) in [7, 11) is 0. The van der Waals surface area contributed by atoms with E-state index in [1.165, 1.54) is 0 Å². The van der Waals surface area contributed by atoms with Gasteiger partial charge in [0.05, 0.1) is 6.20 Å². The largest absolute Gasteiger partial charge is 0.338 e. The molecule has 116 valence electrons. The smallest absolute Gasteiger partial charge is 0.259 e. The number of hydrogen-bond acceptors (Lipinski definition) is 5. The molecular weight excluding hydrogens is 292 g/mol. The van der Waals surface area contributed by atoms with Gasteiger partial charge in [0.25, 0.3) is 5.91 Å². The molecule has 7 heteroatoms. The van der Waals surface area contributed by atoms with Crippen LogP contribution in [0.4, 0.5) is 0 Å². The van der Waals surface area contributed by atoms with Crippen LogP contribution in [0, 0.1) is 0 Å². The van der Waals surface area contributed by atoms with Gasteiger partial charge in [0.15, 0.2) is 5.65 Å². The van der Waals surface area contributed by atoms with Crippen molar-refractivity contribution in [1.29, 1.82) is 0 Å². The van der Waals surface area contributed by atoms with Gasteiger partial charge in [-0.1, -0.05) is 0 Å². The molecule has 1 amide bonds. The number of carbonyl (C=O) groups is 1. The number of amides is 1. The summed E-state index contributed by atoms with van der Waals surface area (Å²) in [5.74, 6) is 0.239. The van der Waals surface area contributed by atoms with E-state index in [-0.39, 0.29) is 11.8 Å². The summed E-state index contributed by atoms with van der Waals surface area (Å²) in [6.07, 6.45) is 10.4. The number of fused-ring (bicyclic) bond motifs is 1. The summed E-state index contributed by atoms with van der Waals surface area (Å²) < 4.78 is 1.62. The van der Waals surface area contributed by atoms with Gasteiger partial charge in [0.1, 0.15) is 11.9 Å². The Balaban J connectivity index is 1.59. The Labute approximate surface area is 133 Å². The van der Waals surface area contributed by atoms with Crippen molar-refractivity contribution in [1.82, 2.24) is 29.5 Å². The van der Waals surface area contributed by atoms with Crippen LogP contribution in [0.15, 0.2) is 43.2 Å². The van der Waals surface area contributed by atoms with Gasteiger partial charge in [-0.05, 0) is 25.0 Å². The predicted octanol–water partition coefficient (Wildman–Crippen LogP) is 1.54. The minimum absolute atomic E-state index is 0.0162. The van der Waals surface area contributed by atoms with E-state index < -0.39 is 0 Å². The summed E-state index contributed by atoms with van der Waals surface area (Å²) >= 11 is 0. The molecule has 4 heterocycles. The summed E-state index contributed by atoms with van der Waals surface area (Å²) in [5, 5.41) is 4.20. The lowest BCUT2D eigenvalue weighted by Crippen LogP contribution is -2.39. The van der Waals surface area contributed by atoms with E-state index in [4.69, 9.17) is 0 Å². The maximum absolute atomic E-state index is 12.9. The molecule has 4 rings (SSSR count). The third-order valence-corrected chi connectivity index (χ3v) is 4.24. The second-order valence-electron chi connectivity index (χ2n) is 5.67. The highest BCUT2D eigenvalue weighted by Crippen LogP contribution is 2.26.